The lowest BCUT2D eigenvalue weighted by molar-refractivity contribution is 0.267. The standard InChI is InChI=1S/C29H36/c1-27(2,3)20-13-15-22-24(17-20)25-18-21(28(4,5)6)14-16-23(25)26(22)29(7,8)19-11-9-10-12-19/h9-19,26H,1-8H3. The molecule has 2 aromatic rings. The Morgan fingerprint density at radius 2 is 1.00 bits per heavy atom. The zero-order valence-electron chi connectivity index (χ0n) is 19.4. The van der Waals surface area contributed by atoms with Gasteiger partial charge in [-0.1, -0.05) is 116 Å². The van der Waals surface area contributed by atoms with E-state index in [4.69, 9.17) is 0 Å². The zero-order valence-corrected chi connectivity index (χ0v) is 19.4. The second-order valence-corrected chi connectivity index (χ2v) is 11.7. The molecule has 0 N–H and O–H groups in total. The fourth-order valence-electron chi connectivity index (χ4n) is 5.10. The average molecular weight is 385 g/mol. The van der Waals surface area contributed by atoms with Crippen LogP contribution in [0.5, 0.6) is 0 Å². The van der Waals surface area contributed by atoms with Crippen LogP contribution in [-0.2, 0) is 10.8 Å². The Labute approximate surface area is 177 Å². The van der Waals surface area contributed by atoms with E-state index >= 15 is 0 Å². The first-order valence-electron chi connectivity index (χ1n) is 11.0. The molecule has 0 heteroatoms. The summed E-state index contributed by atoms with van der Waals surface area (Å²) >= 11 is 0. The van der Waals surface area contributed by atoms with Crippen LogP contribution in [0.4, 0.5) is 0 Å². The van der Waals surface area contributed by atoms with Crippen molar-refractivity contribution in [3.63, 3.8) is 0 Å². The molecule has 0 spiro atoms. The molecule has 0 saturated carbocycles. The van der Waals surface area contributed by atoms with Gasteiger partial charge in [0.15, 0.2) is 0 Å². The van der Waals surface area contributed by atoms with Crippen molar-refractivity contribution in [1.29, 1.82) is 0 Å². The maximum absolute atomic E-state index is 2.47. The highest BCUT2D eigenvalue weighted by atomic mass is 14.5. The minimum Gasteiger partial charge on any atom is -0.0771 e. The van der Waals surface area contributed by atoms with Gasteiger partial charge >= 0.3 is 0 Å². The zero-order chi connectivity index (χ0) is 21.2. The van der Waals surface area contributed by atoms with Gasteiger partial charge in [-0.25, -0.2) is 0 Å². The molecule has 0 nitrogen and oxygen atoms in total. The van der Waals surface area contributed by atoms with Gasteiger partial charge in [0.2, 0.25) is 0 Å². The van der Waals surface area contributed by atoms with Gasteiger partial charge in [-0.2, -0.15) is 0 Å². The Balaban J connectivity index is 1.95. The molecule has 0 aliphatic heterocycles. The van der Waals surface area contributed by atoms with Crippen LogP contribution in [0.3, 0.4) is 0 Å². The first-order chi connectivity index (χ1) is 13.4. The molecule has 0 fully saturated rings. The Kier molecular flexibility index (Phi) is 4.50. The summed E-state index contributed by atoms with van der Waals surface area (Å²) in [6.07, 6.45) is 9.14. The van der Waals surface area contributed by atoms with E-state index in [9.17, 15) is 0 Å². The Morgan fingerprint density at radius 3 is 1.38 bits per heavy atom. The summed E-state index contributed by atoms with van der Waals surface area (Å²) in [5.74, 6) is 0.879. The number of hydrogen-bond donors (Lipinski definition) is 0. The third-order valence-electron chi connectivity index (χ3n) is 7.10. The Morgan fingerprint density at radius 1 is 0.586 bits per heavy atom. The lowest BCUT2D eigenvalue weighted by Gasteiger charge is -2.37. The highest BCUT2D eigenvalue weighted by Crippen LogP contribution is 2.57. The Bertz CT molecular complexity index is 924. The van der Waals surface area contributed by atoms with Crippen molar-refractivity contribution < 1.29 is 0 Å². The van der Waals surface area contributed by atoms with E-state index < -0.39 is 0 Å². The lowest BCUT2D eigenvalue weighted by Crippen LogP contribution is -2.28. The van der Waals surface area contributed by atoms with Crippen molar-refractivity contribution in [2.75, 3.05) is 0 Å². The number of hydrogen-bond acceptors (Lipinski definition) is 0. The summed E-state index contributed by atoms with van der Waals surface area (Å²) in [6, 6.07) is 14.5. The normalized spacial score (nSPS) is 17.1. The molecule has 0 amide bonds. The van der Waals surface area contributed by atoms with Crippen LogP contribution < -0.4 is 0 Å². The highest BCUT2D eigenvalue weighted by Gasteiger charge is 2.43. The first kappa shape index (κ1) is 20.2. The molecule has 2 aliphatic carbocycles. The van der Waals surface area contributed by atoms with Crippen LogP contribution in [-0.4, -0.2) is 0 Å². The van der Waals surface area contributed by atoms with Crippen LogP contribution in [0, 0.1) is 11.3 Å². The maximum Gasteiger partial charge on any atom is 0.0161 e. The molecule has 152 valence electrons. The molecule has 4 rings (SSSR count). The van der Waals surface area contributed by atoms with Crippen LogP contribution in [0.15, 0.2) is 60.7 Å². The van der Waals surface area contributed by atoms with E-state index in [1.165, 1.54) is 33.4 Å². The van der Waals surface area contributed by atoms with E-state index in [0.717, 1.165) is 0 Å². The fraction of sp³-hybridized carbons (Fsp3) is 0.448. The van der Waals surface area contributed by atoms with E-state index in [0.29, 0.717) is 11.8 Å². The average Bonchev–Trinajstić information content (AvgIpc) is 3.26. The molecule has 0 heterocycles. The van der Waals surface area contributed by atoms with E-state index in [-0.39, 0.29) is 16.2 Å². The van der Waals surface area contributed by atoms with Gasteiger partial charge in [-0.05, 0) is 49.6 Å². The summed E-state index contributed by atoms with van der Waals surface area (Å²) < 4.78 is 0. The van der Waals surface area contributed by atoms with Gasteiger partial charge in [-0.3, -0.25) is 0 Å². The van der Waals surface area contributed by atoms with E-state index in [1.807, 2.05) is 0 Å². The number of allylic oxidation sites excluding steroid dienone is 4. The first-order valence-corrected chi connectivity index (χ1v) is 11.0. The second-order valence-electron chi connectivity index (χ2n) is 11.7. The molecule has 0 atom stereocenters. The highest BCUT2D eigenvalue weighted by molar-refractivity contribution is 5.81. The smallest absolute Gasteiger partial charge is 0.0161 e. The number of benzene rings is 2. The molecule has 29 heavy (non-hydrogen) atoms. The monoisotopic (exact) mass is 384 g/mol. The van der Waals surface area contributed by atoms with Crippen molar-refractivity contribution in [2.24, 2.45) is 11.3 Å². The van der Waals surface area contributed by atoms with Crippen LogP contribution in [0.2, 0.25) is 0 Å². The number of fused-ring (bicyclic) bond motifs is 3. The molecule has 0 aromatic heterocycles. The van der Waals surface area contributed by atoms with Gasteiger partial charge in [0, 0.05) is 11.8 Å². The molecular weight excluding hydrogens is 348 g/mol. The van der Waals surface area contributed by atoms with Crippen molar-refractivity contribution in [3.05, 3.63) is 83.0 Å². The number of rotatable bonds is 2. The van der Waals surface area contributed by atoms with Crippen molar-refractivity contribution >= 4 is 0 Å². The predicted molar refractivity (Wildman–Crippen MR) is 127 cm³/mol. The van der Waals surface area contributed by atoms with Gasteiger partial charge in [0.25, 0.3) is 0 Å². The molecule has 2 aliphatic rings. The Hall–Kier alpha value is -2.08. The molecule has 0 saturated heterocycles. The molecule has 2 aromatic carbocycles. The van der Waals surface area contributed by atoms with Crippen molar-refractivity contribution in [2.45, 2.75) is 72.1 Å². The summed E-state index contributed by atoms with van der Waals surface area (Å²) in [5.41, 5.74) is 9.16. The molecule has 0 bridgehead atoms. The van der Waals surface area contributed by atoms with Crippen molar-refractivity contribution in [3.8, 4) is 11.1 Å². The summed E-state index contributed by atoms with van der Waals surface area (Å²) in [4.78, 5) is 0. The fourth-order valence-corrected chi connectivity index (χ4v) is 5.10. The van der Waals surface area contributed by atoms with Crippen LogP contribution in [0.1, 0.15) is 83.6 Å². The van der Waals surface area contributed by atoms with Crippen LogP contribution >= 0.6 is 0 Å². The van der Waals surface area contributed by atoms with Gasteiger partial charge in [0.05, 0.1) is 0 Å². The largest absolute Gasteiger partial charge is 0.0771 e. The minimum atomic E-state index is 0.121. The summed E-state index contributed by atoms with van der Waals surface area (Å²) in [6.45, 7) is 18.7. The van der Waals surface area contributed by atoms with Gasteiger partial charge in [0.1, 0.15) is 0 Å². The third-order valence-corrected chi connectivity index (χ3v) is 7.10. The van der Waals surface area contributed by atoms with E-state index in [2.05, 4.69) is 116 Å². The molecule has 0 radical (unpaired) electrons. The van der Waals surface area contributed by atoms with E-state index in [1.54, 1.807) is 0 Å². The topological polar surface area (TPSA) is 0 Å². The van der Waals surface area contributed by atoms with Gasteiger partial charge in [-0.15, -0.1) is 0 Å². The molecule has 0 unspecified atom stereocenters. The molecular formula is C29H36. The second kappa shape index (κ2) is 6.46. The van der Waals surface area contributed by atoms with Crippen molar-refractivity contribution in [1.82, 2.24) is 0 Å². The summed E-state index contributed by atoms with van der Waals surface area (Å²) in [7, 11) is 0. The minimum absolute atomic E-state index is 0.121. The quantitative estimate of drug-likeness (QED) is 0.490. The predicted octanol–water partition coefficient (Wildman–Crippen LogP) is 8.16. The third kappa shape index (κ3) is 3.31. The SMILES string of the molecule is CC(C)(C)c1ccc2c(c1)-c1cc(C(C)(C)C)ccc1C2C(C)(C)C1C=CC=C1. The summed E-state index contributed by atoms with van der Waals surface area (Å²) in [5, 5.41) is 0. The van der Waals surface area contributed by atoms with Gasteiger partial charge < -0.3 is 0 Å². The van der Waals surface area contributed by atoms with Crippen LogP contribution in [0.25, 0.3) is 11.1 Å². The maximum atomic E-state index is 2.47. The lowest BCUT2D eigenvalue weighted by atomic mass is 9.66.